The van der Waals surface area contributed by atoms with Crippen molar-refractivity contribution in [3.63, 3.8) is 0 Å². The number of hydrogen-bond acceptors (Lipinski definition) is 4. The second-order valence-corrected chi connectivity index (χ2v) is 9.09. The molecule has 0 saturated heterocycles. The number of ether oxygens (including phenoxy) is 1. The van der Waals surface area contributed by atoms with Crippen molar-refractivity contribution < 1.29 is 17.9 Å². The lowest BCUT2D eigenvalue weighted by molar-refractivity contribution is -0.118. The Labute approximate surface area is 162 Å². The molecule has 1 saturated carbocycles. The summed E-state index contributed by atoms with van der Waals surface area (Å²) in [6, 6.07) is 5.02. The van der Waals surface area contributed by atoms with Crippen molar-refractivity contribution >= 4 is 21.6 Å². The molecule has 1 aliphatic carbocycles. The summed E-state index contributed by atoms with van der Waals surface area (Å²) >= 11 is 0. The number of sulfonamides is 1. The summed E-state index contributed by atoms with van der Waals surface area (Å²) in [7, 11) is -3.54. The van der Waals surface area contributed by atoms with Gasteiger partial charge in [0, 0.05) is 31.8 Å². The first-order valence-electron chi connectivity index (χ1n) is 10.1. The maximum atomic E-state index is 12.5. The van der Waals surface area contributed by atoms with Crippen LogP contribution < -0.4 is 9.62 Å². The maximum Gasteiger partial charge on any atom is 0.240 e. The number of rotatable bonds is 8. The van der Waals surface area contributed by atoms with E-state index < -0.39 is 10.0 Å². The van der Waals surface area contributed by atoms with Gasteiger partial charge in [-0.25, -0.2) is 13.1 Å². The zero-order valence-electron chi connectivity index (χ0n) is 16.1. The van der Waals surface area contributed by atoms with Crippen LogP contribution in [0.2, 0.25) is 0 Å². The lowest BCUT2D eigenvalue weighted by atomic mass is 9.98. The summed E-state index contributed by atoms with van der Waals surface area (Å²) < 4.78 is 33.6. The van der Waals surface area contributed by atoms with E-state index in [0.29, 0.717) is 45.1 Å². The highest BCUT2D eigenvalue weighted by Crippen LogP contribution is 2.30. The maximum absolute atomic E-state index is 12.5. The van der Waals surface area contributed by atoms with Gasteiger partial charge in [0.2, 0.25) is 15.9 Å². The number of carbonyl (C=O) groups is 1. The summed E-state index contributed by atoms with van der Waals surface area (Å²) in [5.41, 5.74) is 1.75. The first-order chi connectivity index (χ1) is 13.0. The first-order valence-corrected chi connectivity index (χ1v) is 11.5. The standard InChI is InChI=1S/C20H30N2O4S/c1-2-20(23)22-13-11-16-15-18(9-10-19(16)22)27(24,25)21-12-6-14-26-17-7-4-3-5-8-17/h9-10,15,17,21H,2-8,11-14H2,1H3. The molecule has 3 rings (SSSR count). The molecular formula is C20H30N2O4S. The van der Waals surface area contributed by atoms with Crippen molar-refractivity contribution in [1.29, 1.82) is 0 Å². The van der Waals surface area contributed by atoms with Gasteiger partial charge in [0.05, 0.1) is 11.0 Å². The van der Waals surface area contributed by atoms with E-state index in [1.165, 1.54) is 19.3 Å². The molecule has 7 heteroatoms. The lowest BCUT2D eigenvalue weighted by Crippen LogP contribution is -2.28. The minimum absolute atomic E-state index is 0.0699. The van der Waals surface area contributed by atoms with Gasteiger partial charge in [-0.15, -0.1) is 0 Å². The van der Waals surface area contributed by atoms with Crippen molar-refractivity contribution in [3.8, 4) is 0 Å². The quantitative estimate of drug-likeness (QED) is 0.688. The van der Waals surface area contributed by atoms with Gasteiger partial charge in [0.1, 0.15) is 0 Å². The molecule has 0 atom stereocenters. The van der Waals surface area contributed by atoms with Crippen LogP contribution in [0.5, 0.6) is 0 Å². The molecule has 1 aliphatic heterocycles. The van der Waals surface area contributed by atoms with Crippen molar-refractivity contribution in [2.75, 3.05) is 24.6 Å². The SMILES string of the molecule is CCC(=O)N1CCc2cc(S(=O)(=O)NCCCOC3CCCCC3)ccc21. The minimum atomic E-state index is -3.54. The highest BCUT2D eigenvalue weighted by Gasteiger charge is 2.25. The summed E-state index contributed by atoms with van der Waals surface area (Å²) in [6.45, 7) is 3.41. The Kier molecular flexibility index (Phi) is 6.89. The zero-order chi connectivity index (χ0) is 19.3. The van der Waals surface area contributed by atoms with Gasteiger partial charge in [0.25, 0.3) is 0 Å². The molecule has 0 spiro atoms. The second-order valence-electron chi connectivity index (χ2n) is 7.32. The molecule has 0 aromatic heterocycles. The average molecular weight is 395 g/mol. The van der Waals surface area contributed by atoms with Crippen molar-refractivity contribution in [2.45, 2.75) is 69.3 Å². The molecule has 150 valence electrons. The van der Waals surface area contributed by atoms with Crippen LogP contribution in [-0.2, 0) is 26.0 Å². The third-order valence-electron chi connectivity index (χ3n) is 5.38. The number of amides is 1. The molecule has 2 aliphatic rings. The molecule has 1 aromatic carbocycles. The van der Waals surface area contributed by atoms with Crippen LogP contribution in [0, 0.1) is 0 Å². The fourth-order valence-electron chi connectivity index (χ4n) is 3.84. The molecule has 0 bridgehead atoms. The Balaban J connectivity index is 1.50. The van der Waals surface area contributed by atoms with E-state index in [9.17, 15) is 13.2 Å². The molecular weight excluding hydrogens is 364 g/mol. The van der Waals surface area contributed by atoms with Gasteiger partial charge >= 0.3 is 0 Å². The van der Waals surface area contributed by atoms with E-state index in [2.05, 4.69) is 4.72 Å². The van der Waals surface area contributed by atoms with Gasteiger partial charge in [-0.1, -0.05) is 26.2 Å². The average Bonchev–Trinajstić information content (AvgIpc) is 3.11. The van der Waals surface area contributed by atoms with Crippen LogP contribution in [0.1, 0.15) is 57.4 Å². The van der Waals surface area contributed by atoms with Gasteiger partial charge in [0.15, 0.2) is 0 Å². The highest BCUT2D eigenvalue weighted by molar-refractivity contribution is 7.89. The van der Waals surface area contributed by atoms with Crippen LogP contribution in [0.4, 0.5) is 5.69 Å². The fraction of sp³-hybridized carbons (Fsp3) is 0.650. The molecule has 1 N–H and O–H groups in total. The Bertz CT molecular complexity index is 757. The third kappa shape index (κ3) is 5.09. The van der Waals surface area contributed by atoms with E-state index in [1.807, 2.05) is 6.92 Å². The van der Waals surface area contributed by atoms with E-state index in [1.54, 1.807) is 23.1 Å². The smallest absolute Gasteiger partial charge is 0.240 e. The Hall–Kier alpha value is -1.44. The van der Waals surface area contributed by atoms with Crippen LogP contribution in [0.25, 0.3) is 0 Å². The summed E-state index contributed by atoms with van der Waals surface area (Å²) in [5, 5.41) is 0. The molecule has 27 heavy (non-hydrogen) atoms. The lowest BCUT2D eigenvalue weighted by Gasteiger charge is -2.21. The third-order valence-corrected chi connectivity index (χ3v) is 6.84. The topological polar surface area (TPSA) is 75.7 Å². The number of carbonyl (C=O) groups excluding carboxylic acids is 1. The monoisotopic (exact) mass is 394 g/mol. The predicted molar refractivity (Wildman–Crippen MR) is 105 cm³/mol. The van der Waals surface area contributed by atoms with E-state index in [4.69, 9.17) is 4.74 Å². The molecule has 0 unspecified atom stereocenters. The molecule has 1 aromatic rings. The molecule has 1 heterocycles. The van der Waals surface area contributed by atoms with E-state index in [-0.39, 0.29) is 10.8 Å². The van der Waals surface area contributed by atoms with Gasteiger partial charge in [-0.2, -0.15) is 0 Å². The number of fused-ring (bicyclic) bond motifs is 1. The van der Waals surface area contributed by atoms with Crippen molar-refractivity contribution in [3.05, 3.63) is 23.8 Å². The van der Waals surface area contributed by atoms with Crippen LogP contribution in [0.15, 0.2) is 23.1 Å². The van der Waals surface area contributed by atoms with Crippen LogP contribution in [-0.4, -0.2) is 40.1 Å². The number of benzene rings is 1. The van der Waals surface area contributed by atoms with Crippen LogP contribution >= 0.6 is 0 Å². The summed E-state index contributed by atoms with van der Waals surface area (Å²) in [4.78, 5) is 14.0. The van der Waals surface area contributed by atoms with Gasteiger partial charge in [-0.3, -0.25) is 4.79 Å². The second kappa shape index (κ2) is 9.17. The molecule has 1 fully saturated rings. The van der Waals surface area contributed by atoms with Gasteiger partial charge < -0.3 is 9.64 Å². The van der Waals surface area contributed by atoms with Crippen molar-refractivity contribution in [1.82, 2.24) is 4.72 Å². The van der Waals surface area contributed by atoms with Crippen molar-refractivity contribution in [2.24, 2.45) is 0 Å². The van der Waals surface area contributed by atoms with Gasteiger partial charge in [-0.05, 0) is 49.4 Å². The Morgan fingerprint density at radius 3 is 2.78 bits per heavy atom. The normalized spacial score (nSPS) is 17.9. The number of nitrogens with one attached hydrogen (secondary N) is 1. The summed E-state index contributed by atoms with van der Waals surface area (Å²) in [6.07, 6.45) is 8.17. The van der Waals surface area contributed by atoms with Crippen LogP contribution in [0.3, 0.4) is 0 Å². The zero-order valence-corrected chi connectivity index (χ0v) is 16.9. The largest absolute Gasteiger partial charge is 0.378 e. The van der Waals surface area contributed by atoms with E-state index >= 15 is 0 Å². The Morgan fingerprint density at radius 1 is 1.26 bits per heavy atom. The predicted octanol–water partition coefficient (Wildman–Crippen LogP) is 3.00. The number of anilines is 1. The Morgan fingerprint density at radius 2 is 2.04 bits per heavy atom. The molecule has 1 amide bonds. The molecule has 0 radical (unpaired) electrons. The first kappa shape index (κ1) is 20.3. The number of hydrogen-bond donors (Lipinski definition) is 1. The van der Waals surface area contributed by atoms with E-state index in [0.717, 1.165) is 24.1 Å². The fourth-order valence-corrected chi connectivity index (χ4v) is 4.96. The summed E-state index contributed by atoms with van der Waals surface area (Å²) in [5.74, 6) is 0.0699. The highest BCUT2D eigenvalue weighted by atomic mass is 32.2. The minimum Gasteiger partial charge on any atom is -0.378 e. The molecule has 6 nitrogen and oxygen atoms in total. The number of nitrogens with zero attached hydrogens (tertiary/aromatic N) is 1.